The third kappa shape index (κ3) is 2.34. The monoisotopic (exact) mass is 243 g/mol. The van der Waals surface area contributed by atoms with Gasteiger partial charge in [0.05, 0.1) is 18.8 Å². The summed E-state index contributed by atoms with van der Waals surface area (Å²) in [7, 11) is 0. The van der Waals surface area contributed by atoms with Crippen LogP contribution in [0.5, 0.6) is 0 Å². The molecule has 94 valence electrons. The first-order valence-corrected chi connectivity index (χ1v) is 6.43. The first kappa shape index (κ1) is 11.2. The van der Waals surface area contributed by atoms with Crippen LogP contribution in [-0.2, 0) is 6.54 Å². The van der Waals surface area contributed by atoms with Crippen molar-refractivity contribution in [2.45, 2.75) is 32.2 Å². The van der Waals surface area contributed by atoms with Crippen molar-refractivity contribution in [1.82, 2.24) is 14.8 Å². The van der Waals surface area contributed by atoms with Crippen LogP contribution in [0.25, 0.3) is 5.65 Å². The third-order valence-electron chi connectivity index (χ3n) is 3.12. The number of rotatable bonds is 5. The van der Waals surface area contributed by atoms with Gasteiger partial charge in [-0.05, 0) is 37.3 Å². The highest BCUT2D eigenvalue weighted by atomic mass is 15.4. The van der Waals surface area contributed by atoms with Crippen LogP contribution < -0.4 is 5.43 Å². The van der Waals surface area contributed by atoms with Crippen LogP contribution >= 0.6 is 0 Å². The van der Waals surface area contributed by atoms with Crippen LogP contribution in [0.15, 0.2) is 34.9 Å². The molecule has 5 nitrogen and oxygen atoms in total. The second-order valence-corrected chi connectivity index (χ2v) is 4.63. The first-order chi connectivity index (χ1) is 8.86. The Morgan fingerprint density at radius 3 is 3.06 bits per heavy atom. The Labute approximate surface area is 106 Å². The van der Waals surface area contributed by atoms with E-state index in [1.54, 1.807) is 0 Å². The van der Waals surface area contributed by atoms with E-state index in [0.29, 0.717) is 13.1 Å². The maximum Gasteiger partial charge on any atom is 0.137 e. The number of fused-ring (bicyclic) bond motifs is 1. The minimum Gasteiger partial charge on any atom is -0.306 e. The summed E-state index contributed by atoms with van der Waals surface area (Å²) in [6.45, 7) is 3.27. The lowest BCUT2D eigenvalue weighted by Crippen LogP contribution is -2.04. The van der Waals surface area contributed by atoms with Gasteiger partial charge in [0, 0.05) is 12.4 Å². The highest BCUT2D eigenvalue weighted by Gasteiger charge is 2.23. The number of nitrogens with zero attached hydrogens (tertiary/aromatic N) is 4. The normalized spacial score (nSPS) is 15.6. The van der Waals surface area contributed by atoms with Crippen LogP contribution in [0.4, 0.5) is 0 Å². The largest absolute Gasteiger partial charge is 0.306 e. The Balaban J connectivity index is 1.75. The van der Waals surface area contributed by atoms with Crippen molar-refractivity contribution >= 4 is 5.65 Å². The minimum atomic E-state index is 0.615. The van der Waals surface area contributed by atoms with E-state index in [2.05, 4.69) is 49.7 Å². The predicted octanol–water partition coefficient (Wildman–Crippen LogP) is 2.69. The van der Waals surface area contributed by atoms with Crippen molar-refractivity contribution in [2.75, 3.05) is 6.54 Å². The van der Waals surface area contributed by atoms with E-state index in [4.69, 9.17) is 0 Å². The van der Waals surface area contributed by atoms with Crippen molar-refractivity contribution in [3.05, 3.63) is 35.8 Å². The second kappa shape index (κ2) is 4.76. The lowest BCUT2D eigenvalue weighted by molar-refractivity contribution is 0.667. The highest BCUT2D eigenvalue weighted by Crippen LogP contribution is 2.39. The van der Waals surface area contributed by atoms with Crippen molar-refractivity contribution in [3.8, 4) is 0 Å². The summed E-state index contributed by atoms with van der Waals surface area (Å²) in [6, 6.07) is 4.28. The molecule has 0 atom stereocenters. The molecule has 1 fully saturated rings. The lowest BCUT2D eigenvalue weighted by Gasteiger charge is -1.98. The fraction of sp³-hybridized carbons (Fsp3) is 0.462. The molecule has 0 unspecified atom stereocenters. The number of aromatic nitrogens is 2. The molecule has 5 heteroatoms. The van der Waals surface area contributed by atoms with Crippen LogP contribution in [0.1, 0.15) is 36.9 Å². The van der Waals surface area contributed by atoms with Gasteiger partial charge in [-0.25, -0.2) is 4.98 Å². The molecule has 0 aliphatic heterocycles. The Bertz CT molecular complexity index is 568. The maximum atomic E-state index is 4.53. The summed E-state index contributed by atoms with van der Waals surface area (Å²) < 4.78 is 2.10. The summed E-state index contributed by atoms with van der Waals surface area (Å²) in [5, 5.41) is 7.70. The Morgan fingerprint density at radius 2 is 2.28 bits per heavy atom. The Morgan fingerprint density at radius 1 is 1.39 bits per heavy atom. The average molecular weight is 243 g/mol. The minimum absolute atomic E-state index is 0.615. The van der Waals surface area contributed by atoms with Gasteiger partial charge in [-0.2, -0.15) is 5.11 Å². The van der Waals surface area contributed by atoms with Gasteiger partial charge in [0.1, 0.15) is 5.65 Å². The summed E-state index contributed by atoms with van der Waals surface area (Å²) >= 11 is 0. The van der Waals surface area contributed by atoms with Gasteiger partial charge in [0.2, 0.25) is 0 Å². The standard InChI is InChI=1S/C13H17N5/c1-2-14-17-15-7-12-9-18-8-11(10-3-4-10)5-6-13(18)16-12/h5-6,8-10H,2-4,7H2,1H3,(H,14,15). The maximum absolute atomic E-state index is 4.53. The van der Waals surface area contributed by atoms with E-state index in [1.807, 2.05) is 6.92 Å². The van der Waals surface area contributed by atoms with E-state index in [1.165, 1.54) is 18.4 Å². The molecular formula is C13H17N5. The van der Waals surface area contributed by atoms with Gasteiger partial charge in [0.15, 0.2) is 0 Å². The van der Waals surface area contributed by atoms with E-state index in [-0.39, 0.29) is 0 Å². The molecular weight excluding hydrogens is 226 g/mol. The lowest BCUT2D eigenvalue weighted by atomic mass is 10.2. The average Bonchev–Trinajstić information content (AvgIpc) is 3.15. The zero-order valence-electron chi connectivity index (χ0n) is 10.5. The summed E-state index contributed by atoms with van der Waals surface area (Å²) in [4.78, 5) is 4.53. The number of pyridine rings is 1. The molecule has 0 bridgehead atoms. The van der Waals surface area contributed by atoms with E-state index >= 15 is 0 Å². The van der Waals surface area contributed by atoms with E-state index in [9.17, 15) is 0 Å². The highest BCUT2D eigenvalue weighted by molar-refractivity contribution is 5.42. The van der Waals surface area contributed by atoms with Crippen LogP contribution in [0, 0.1) is 0 Å². The Kier molecular flexibility index (Phi) is 2.96. The molecule has 0 saturated heterocycles. The molecule has 0 radical (unpaired) electrons. The summed E-state index contributed by atoms with van der Waals surface area (Å²) in [5.41, 5.74) is 6.29. The molecule has 1 aliphatic rings. The van der Waals surface area contributed by atoms with E-state index in [0.717, 1.165) is 17.3 Å². The smallest absolute Gasteiger partial charge is 0.137 e. The molecule has 18 heavy (non-hydrogen) atoms. The zero-order chi connectivity index (χ0) is 12.4. The number of imidazole rings is 1. The molecule has 2 heterocycles. The van der Waals surface area contributed by atoms with Gasteiger partial charge in [0.25, 0.3) is 0 Å². The fourth-order valence-electron chi connectivity index (χ4n) is 2.04. The molecule has 1 saturated carbocycles. The number of nitrogens with one attached hydrogen (secondary N) is 1. The molecule has 0 aromatic carbocycles. The van der Waals surface area contributed by atoms with Gasteiger partial charge < -0.3 is 4.40 Å². The number of hydrogen-bond acceptors (Lipinski definition) is 3. The quantitative estimate of drug-likeness (QED) is 0.648. The third-order valence-corrected chi connectivity index (χ3v) is 3.12. The summed E-state index contributed by atoms with van der Waals surface area (Å²) in [5.74, 6) is 0.775. The SMILES string of the molecule is CC/N=N\NCc1cn2cc(C3CC3)ccc2n1. The fourth-order valence-corrected chi connectivity index (χ4v) is 2.04. The van der Waals surface area contributed by atoms with Crippen LogP contribution in [0.2, 0.25) is 0 Å². The van der Waals surface area contributed by atoms with Crippen molar-refractivity contribution < 1.29 is 0 Å². The van der Waals surface area contributed by atoms with Gasteiger partial charge in [-0.3, -0.25) is 5.43 Å². The molecule has 0 amide bonds. The first-order valence-electron chi connectivity index (χ1n) is 6.43. The predicted molar refractivity (Wildman–Crippen MR) is 69.4 cm³/mol. The molecule has 2 aromatic rings. The molecule has 0 spiro atoms. The molecule has 1 aliphatic carbocycles. The van der Waals surface area contributed by atoms with Crippen molar-refractivity contribution in [2.24, 2.45) is 10.3 Å². The van der Waals surface area contributed by atoms with Crippen LogP contribution in [-0.4, -0.2) is 15.9 Å². The van der Waals surface area contributed by atoms with E-state index < -0.39 is 0 Å². The summed E-state index contributed by atoms with van der Waals surface area (Å²) in [6.07, 6.45) is 6.89. The Hall–Kier alpha value is -1.91. The van der Waals surface area contributed by atoms with Crippen molar-refractivity contribution in [3.63, 3.8) is 0 Å². The topological polar surface area (TPSA) is 54.0 Å². The zero-order valence-corrected chi connectivity index (χ0v) is 10.5. The molecule has 1 N–H and O–H groups in total. The van der Waals surface area contributed by atoms with Gasteiger partial charge in [-0.15, -0.1) is 0 Å². The van der Waals surface area contributed by atoms with Crippen LogP contribution in [0.3, 0.4) is 0 Å². The number of hydrogen-bond donors (Lipinski definition) is 1. The second-order valence-electron chi connectivity index (χ2n) is 4.63. The van der Waals surface area contributed by atoms with Crippen molar-refractivity contribution in [1.29, 1.82) is 0 Å². The van der Waals surface area contributed by atoms with Gasteiger partial charge in [-0.1, -0.05) is 11.3 Å². The molecule has 3 rings (SSSR count). The molecule has 2 aromatic heterocycles. The van der Waals surface area contributed by atoms with Gasteiger partial charge >= 0.3 is 0 Å².